The minimum atomic E-state index is 0.844. The van der Waals surface area contributed by atoms with Crippen molar-refractivity contribution in [3.05, 3.63) is 12.4 Å². The molecule has 0 radical (unpaired) electrons. The van der Waals surface area contributed by atoms with E-state index in [9.17, 15) is 0 Å². The molecule has 1 aliphatic rings. The second-order valence-corrected chi connectivity index (χ2v) is 5.22. The second-order valence-electron chi connectivity index (χ2n) is 5.22. The SMILES string of the molecule is CCCNc1cc(N(C)CC2CCCC2)ncn1. The van der Waals surface area contributed by atoms with Gasteiger partial charge in [0, 0.05) is 26.2 Å². The van der Waals surface area contributed by atoms with E-state index < -0.39 is 0 Å². The van der Waals surface area contributed by atoms with Gasteiger partial charge < -0.3 is 10.2 Å². The highest BCUT2D eigenvalue weighted by molar-refractivity contribution is 5.47. The first kappa shape index (κ1) is 13.1. The van der Waals surface area contributed by atoms with E-state index in [1.807, 2.05) is 6.07 Å². The van der Waals surface area contributed by atoms with Crippen molar-refractivity contribution >= 4 is 11.6 Å². The van der Waals surface area contributed by atoms with Crippen LogP contribution in [-0.4, -0.2) is 30.1 Å². The molecule has 0 aliphatic heterocycles. The number of nitrogens with zero attached hydrogens (tertiary/aromatic N) is 3. The molecule has 100 valence electrons. The van der Waals surface area contributed by atoms with Gasteiger partial charge in [-0.2, -0.15) is 0 Å². The Morgan fingerprint density at radius 2 is 2.11 bits per heavy atom. The van der Waals surface area contributed by atoms with Gasteiger partial charge in [-0.15, -0.1) is 0 Å². The fraction of sp³-hybridized carbons (Fsp3) is 0.714. The van der Waals surface area contributed by atoms with E-state index in [0.29, 0.717) is 0 Å². The van der Waals surface area contributed by atoms with Crippen molar-refractivity contribution in [2.45, 2.75) is 39.0 Å². The Balaban J connectivity index is 1.93. The van der Waals surface area contributed by atoms with Gasteiger partial charge in [-0.05, 0) is 25.2 Å². The Kier molecular flexibility index (Phi) is 4.79. The zero-order valence-corrected chi connectivity index (χ0v) is 11.5. The fourth-order valence-electron chi connectivity index (χ4n) is 2.58. The van der Waals surface area contributed by atoms with E-state index in [4.69, 9.17) is 0 Å². The van der Waals surface area contributed by atoms with Crippen molar-refractivity contribution in [1.29, 1.82) is 0 Å². The summed E-state index contributed by atoms with van der Waals surface area (Å²) < 4.78 is 0. The van der Waals surface area contributed by atoms with Crippen molar-refractivity contribution in [3.63, 3.8) is 0 Å². The average Bonchev–Trinajstić information content (AvgIpc) is 2.89. The predicted octanol–water partition coefficient (Wildman–Crippen LogP) is 2.92. The summed E-state index contributed by atoms with van der Waals surface area (Å²) in [6, 6.07) is 2.05. The minimum absolute atomic E-state index is 0.844. The number of hydrogen-bond acceptors (Lipinski definition) is 4. The molecular weight excluding hydrogens is 224 g/mol. The average molecular weight is 248 g/mol. The van der Waals surface area contributed by atoms with Gasteiger partial charge in [0.2, 0.25) is 0 Å². The summed E-state index contributed by atoms with van der Waals surface area (Å²) in [5.41, 5.74) is 0. The van der Waals surface area contributed by atoms with E-state index in [0.717, 1.165) is 37.1 Å². The van der Waals surface area contributed by atoms with Crippen LogP contribution < -0.4 is 10.2 Å². The van der Waals surface area contributed by atoms with Crippen molar-refractivity contribution in [2.24, 2.45) is 5.92 Å². The molecule has 18 heavy (non-hydrogen) atoms. The van der Waals surface area contributed by atoms with Gasteiger partial charge in [0.1, 0.15) is 18.0 Å². The lowest BCUT2D eigenvalue weighted by molar-refractivity contribution is 0.545. The highest BCUT2D eigenvalue weighted by Crippen LogP contribution is 2.26. The molecule has 1 aliphatic carbocycles. The number of hydrogen-bond donors (Lipinski definition) is 1. The standard InChI is InChI=1S/C14H24N4/c1-3-8-15-13-9-14(17-11-16-13)18(2)10-12-6-4-5-7-12/h9,11-12H,3-8,10H2,1-2H3,(H,15,16,17). The molecule has 0 spiro atoms. The van der Waals surface area contributed by atoms with E-state index in [-0.39, 0.29) is 0 Å². The van der Waals surface area contributed by atoms with Gasteiger partial charge in [-0.25, -0.2) is 9.97 Å². The summed E-state index contributed by atoms with van der Waals surface area (Å²) in [5, 5.41) is 3.31. The molecule has 4 heteroatoms. The van der Waals surface area contributed by atoms with Gasteiger partial charge in [0.05, 0.1) is 0 Å². The second kappa shape index (κ2) is 6.57. The predicted molar refractivity (Wildman–Crippen MR) is 76.0 cm³/mol. The third-order valence-electron chi connectivity index (χ3n) is 3.61. The molecular formula is C14H24N4. The molecule has 0 bridgehead atoms. The number of nitrogens with one attached hydrogen (secondary N) is 1. The summed E-state index contributed by atoms with van der Waals surface area (Å²) >= 11 is 0. The Labute approximate surface area is 110 Å². The normalized spacial score (nSPS) is 15.9. The molecule has 0 aromatic carbocycles. The molecule has 0 saturated heterocycles. The van der Waals surface area contributed by atoms with Crippen molar-refractivity contribution in [3.8, 4) is 0 Å². The summed E-state index contributed by atoms with van der Waals surface area (Å²) in [6.45, 7) is 4.23. The summed E-state index contributed by atoms with van der Waals surface area (Å²) in [5.74, 6) is 2.80. The summed E-state index contributed by atoms with van der Waals surface area (Å²) in [4.78, 5) is 10.9. The minimum Gasteiger partial charge on any atom is -0.370 e. The van der Waals surface area contributed by atoms with Crippen molar-refractivity contribution in [1.82, 2.24) is 9.97 Å². The largest absolute Gasteiger partial charge is 0.370 e. The van der Waals surface area contributed by atoms with Crippen LogP contribution in [0.2, 0.25) is 0 Å². The van der Waals surface area contributed by atoms with Crippen LogP contribution in [0.15, 0.2) is 12.4 Å². The van der Waals surface area contributed by atoms with Gasteiger partial charge in [-0.1, -0.05) is 19.8 Å². The third kappa shape index (κ3) is 3.59. The van der Waals surface area contributed by atoms with Crippen LogP contribution >= 0.6 is 0 Å². The Bertz CT molecular complexity index is 361. The molecule has 1 aromatic heterocycles. The molecule has 4 nitrogen and oxygen atoms in total. The van der Waals surface area contributed by atoms with Crippen LogP contribution in [0.1, 0.15) is 39.0 Å². The Morgan fingerprint density at radius 3 is 2.83 bits per heavy atom. The first-order valence-electron chi connectivity index (χ1n) is 7.06. The van der Waals surface area contributed by atoms with E-state index in [2.05, 4.69) is 34.2 Å². The Morgan fingerprint density at radius 1 is 1.33 bits per heavy atom. The van der Waals surface area contributed by atoms with Gasteiger partial charge in [0.25, 0.3) is 0 Å². The number of aromatic nitrogens is 2. The zero-order chi connectivity index (χ0) is 12.8. The number of anilines is 2. The molecule has 1 N–H and O–H groups in total. The summed E-state index contributed by atoms with van der Waals surface area (Å²) in [7, 11) is 2.13. The molecule has 2 rings (SSSR count). The van der Waals surface area contributed by atoms with E-state index in [1.54, 1.807) is 6.33 Å². The number of rotatable bonds is 6. The van der Waals surface area contributed by atoms with Crippen LogP contribution in [0, 0.1) is 5.92 Å². The van der Waals surface area contributed by atoms with Crippen molar-refractivity contribution < 1.29 is 0 Å². The van der Waals surface area contributed by atoms with Gasteiger partial charge in [-0.3, -0.25) is 0 Å². The first-order valence-corrected chi connectivity index (χ1v) is 7.06. The topological polar surface area (TPSA) is 41.0 Å². The van der Waals surface area contributed by atoms with Crippen LogP contribution in [0.25, 0.3) is 0 Å². The third-order valence-corrected chi connectivity index (χ3v) is 3.61. The molecule has 1 aromatic rings. The Hall–Kier alpha value is -1.32. The van der Waals surface area contributed by atoms with E-state index >= 15 is 0 Å². The van der Waals surface area contributed by atoms with Crippen LogP contribution in [0.3, 0.4) is 0 Å². The molecule has 1 saturated carbocycles. The monoisotopic (exact) mass is 248 g/mol. The maximum atomic E-state index is 4.36. The lowest BCUT2D eigenvalue weighted by atomic mass is 10.1. The maximum absolute atomic E-state index is 4.36. The molecule has 0 amide bonds. The quantitative estimate of drug-likeness (QED) is 0.840. The lowest BCUT2D eigenvalue weighted by Crippen LogP contribution is -2.25. The highest BCUT2D eigenvalue weighted by atomic mass is 15.2. The lowest BCUT2D eigenvalue weighted by Gasteiger charge is -2.22. The molecule has 1 heterocycles. The highest BCUT2D eigenvalue weighted by Gasteiger charge is 2.17. The molecule has 0 unspecified atom stereocenters. The molecule has 0 atom stereocenters. The van der Waals surface area contributed by atoms with Crippen molar-refractivity contribution in [2.75, 3.05) is 30.4 Å². The first-order chi connectivity index (χ1) is 8.79. The molecule has 1 fully saturated rings. The van der Waals surface area contributed by atoms with E-state index in [1.165, 1.54) is 25.7 Å². The summed E-state index contributed by atoms with van der Waals surface area (Å²) in [6.07, 6.45) is 8.29. The fourth-order valence-corrected chi connectivity index (χ4v) is 2.58. The smallest absolute Gasteiger partial charge is 0.133 e. The van der Waals surface area contributed by atoms with Crippen LogP contribution in [-0.2, 0) is 0 Å². The van der Waals surface area contributed by atoms with Gasteiger partial charge >= 0.3 is 0 Å². The van der Waals surface area contributed by atoms with Gasteiger partial charge in [0.15, 0.2) is 0 Å². The van der Waals surface area contributed by atoms with Crippen LogP contribution in [0.5, 0.6) is 0 Å². The maximum Gasteiger partial charge on any atom is 0.133 e. The van der Waals surface area contributed by atoms with Crippen LogP contribution in [0.4, 0.5) is 11.6 Å². The zero-order valence-electron chi connectivity index (χ0n) is 11.5.